The summed E-state index contributed by atoms with van der Waals surface area (Å²) < 4.78 is 25.0. The van der Waals surface area contributed by atoms with Crippen LogP contribution in [0.4, 0.5) is 4.39 Å². The van der Waals surface area contributed by atoms with Gasteiger partial charge in [0.1, 0.15) is 29.2 Å². The van der Waals surface area contributed by atoms with Crippen LogP contribution in [0.3, 0.4) is 0 Å². The molecule has 1 aromatic heterocycles. The molecule has 13 nitrogen and oxygen atoms in total. The smallest absolute Gasteiger partial charge is 0.292 e. The fraction of sp³-hybridized carbons (Fsp3) is 0.194. The molecular weight excluding hydrogens is 685 g/mol. The van der Waals surface area contributed by atoms with Gasteiger partial charge in [-0.2, -0.15) is 5.06 Å². The van der Waals surface area contributed by atoms with Crippen LogP contribution < -0.4 is 20.1 Å². The van der Waals surface area contributed by atoms with Crippen molar-refractivity contribution >= 4 is 35.2 Å². The zero-order chi connectivity index (χ0) is 36.1. The van der Waals surface area contributed by atoms with Crippen LogP contribution in [0.1, 0.15) is 11.1 Å². The lowest BCUT2D eigenvalue weighted by atomic mass is 10.1. The number of nitrogens with one attached hydrogen (secondary N) is 2. The van der Waals surface area contributed by atoms with Crippen LogP contribution in [-0.4, -0.2) is 69.9 Å². The minimum absolute atomic E-state index is 0.0212. The van der Waals surface area contributed by atoms with Crippen LogP contribution in [0, 0.1) is 11.7 Å². The molecule has 4 aromatic rings. The van der Waals surface area contributed by atoms with Gasteiger partial charge < -0.3 is 35.0 Å². The average Bonchev–Trinajstić information content (AvgIpc) is 3.58. The second-order valence-electron chi connectivity index (χ2n) is 11.6. The first-order chi connectivity index (χ1) is 24.5. The Balaban J connectivity index is 1.03. The van der Waals surface area contributed by atoms with Crippen molar-refractivity contribution in [1.29, 1.82) is 0 Å². The lowest BCUT2D eigenvalue weighted by molar-refractivity contribution is -0.171. The number of hydrogen-bond acceptors (Lipinski definition) is 9. The van der Waals surface area contributed by atoms with Gasteiger partial charge in [-0.25, -0.2) is 9.37 Å². The fourth-order valence-corrected chi connectivity index (χ4v) is 5.34. The summed E-state index contributed by atoms with van der Waals surface area (Å²) in [6, 6.07) is 23.0. The van der Waals surface area contributed by atoms with Crippen molar-refractivity contribution in [3.63, 3.8) is 0 Å². The zero-order valence-electron chi connectivity index (χ0n) is 27.0. The predicted octanol–water partition coefficient (Wildman–Crippen LogP) is 3.87. The third kappa shape index (κ3) is 8.25. The molecule has 0 bridgehead atoms. The Hall–Kier alpha value is -5.99. The Bertz CT molecular complexity index is 1980. The minimum atomic E-state index is -1.73. The maximum atomic E-state index is 13.7. The van der Waals surface area contributed by atoms with Gasteiger partial charge in [0, 0.05) is 38.5 Å². The van der Waals surface area contributed by atoms with Gasteiger partial charge >= 0.3 is 0 Å². The van der Waals surface area contributed by atoms with Crippen LogP contribution in [-0.2, 0) is 37.1 Å². The quantitative estimate of drug-likeness (QED) is 0.198. The SMILES string of the molecule is CN1CC(C(=O)NCc2ccc(Oc3ccc(Cl)c(F)c3)cc2)=C(ON2CC(C(=O)NCc3ccc(Oc4ccccn4)cc3)C(O)C2=O)C1=O. The number of benzene rings is 3. The third-order valence-corrected chi connectivity index (χ3v) is 8.33. The molecule has 1 fully saturated rings. The van der Waals surface area contributed by atoms with E-state index in [1.54, 1.807) is 72.9 Å². The highest BCUT2D eigenvalue weighted by molar-refractivity contribution is 6.30. The van der Waals surface area contributed by atoms with Gasteiger partial charge in [-0.15, -0.1) is 0 Å². The lowest BCUT2D eigenvalue weighted by Crippen LogP contribution is -2.37. The zero-order valence-corrected chi connectivity index (χ0v) is 27.8. The van der Waals surface area contributed by atoms with Crippen molar-refractivity contribution in [1.82, 2.24) is 25.6 Å². The van der Waals surface area contributed by atoms with E-state index < -0.39 is 41.5 Å². The molecule has 2 aliphatic rings. The Morgan fingerprint density at radius 3 is 2.22 bits per heavy atom. The second-order valence-corrected chi connectivity index (χ2v) is 12.1. The summed E-state index contributed by atoms with van der Waals surface area (Å²) in [4.78, 5) is 63.0. The standard InChI is InChI=1S/C36H31ClFN5O8/c1-42-19-27(34(46)41-18-21-5-9-23(10-6-21)49-25-13-14-28(37)29(38)16-25)32(36(42)48)51-43-20-26(31(44)35(43)47)33(45)40-17-22-7-11-24(12-8-22)50-30-4-2-3-15-39-30/h2-16,26,31,44H,17-20H2,1H3,(H,40,45)(H,41,46). The molecule has 6 rings (SSSR count). The molecule has 3 heterocycles. The van der Waals surface area contributed by atoms with Crippen molar-refractivity contribution in [3.05, 3.63) is 124 Å². The van der Waals surface area contributed by atoms with E-state index in [-0.39, 0.29) is 48.3 Å². The van der Waals surface area contributed by atoms with Crippen molar-refractivity contribution in [2.75, 3.05) is 20.1 Å². The van der Waals surface area contributed by atoms with Crippen LogP contribution in [0.5, 0.6) is 23.1 Å². The lowest BCUT2D eigenvalue weighted by Gasteiger charge is -2.18. The predicted molar refractivity (Wildman–Crippen MR) is 179 cm³/mol. The van der Waals surface area contributed by atoms with E-state index >= 15 is 0 Å². The molecule has 0 radical (unpaired) electrons. The van der Waals surface area contributed by atoms with Crippen molar-refractivity contribution in [2.45, 2.75) is 19.2 Å². The number of aromatic nitrogens is 1. The first-order valence-electron chi connectivity index (χ1n) is 15.7. The molecule has 1 saturated heterocycles. The maximum Gasteiger partial charge on any atom is 0.292 e. The number of ether oxygens (including phenoxy) is 2. The largest absolute Gasteiger partial charge is 0.457 e. The summed E-state index contributed by atoms with van der Waals surface area (Å²) in [5, 5.41) is 16.7. The second kappa shape index (κ2) is 15.3. The number of pyridine rings is 1. The van der Waals surface area contributed by atoms with Crippen LogP contribution in [0.15, 0.2) is 102 Å². The van der Waals surface area contributed by atoms with Crippen LogP contribution >= 0.6 is 11.6 Å². The molecular formula is C36H31ClFN5O8. The number of likely N-dealkylation sites (N-methyl/N-ethyl adjacent to an activating group) is 1. The van der Waals surface area contributed by atoms with Gasteiger partial charge in [-0.1, -0.05) is 41.9 Å². The number of nitrogens with zero attached hydrogens (tertiary/aromatic N) is 3. The van der Waals surface area contributed by atoms with E-state index in [4.69, 9.17) is 25.9 Å². The van der Waals surface area contributed by atoms with Crippen LogP contribution in [0.25, 0.3) is 0 Å². The highest BCUT2D eigenvalue weighted by atomic mass is 35.5. The van der Waals surface area contributed by atoms with Crippen molar-refractivity contribution < 1.29 is 43.0 Å². The maximum absolute atomic E-state index is 13.7. The summed E-state index contributed by atoms with van der Waals surface area (Å²) in [5.41, 5.74) is 1.40. The monoisotopic (exact) mass is 715 g/mol. The number of rotatable bonds is 12. The molecule has 15 heteroatoms. The molecule has 2 aliphatic heterocycles. The van der Waals surface area contributed by atoms with E-state index in [9.17, 15) is 28.7 Å². The molecule has 0 spiro atoms. The topological polar surface area (TPSA) is 160 Å². The molecule has 3 aromatic carbocycles. The van der Waals surface area contributed by atoms with Crippen LogP contribution in [0.2, 0.25) is 5.02 Å². The van der Waals surface area contributed by atoms with Crippen molar-refractivity contribution in [3.8, 4) is 23.1 Å². The van der Waals surface area contributed by atoms with E-state index in [2.05, 4.69) is 15.6 Å². The van der Waals surface area contributed by atoms with E-state index in [0.717, 1.165) is 16.7 Å². The molecule has 2 atom stereocenters. The molecule has 3 N–H and O–H groups in total. The van der Waals surface area contributed by atoms with Gasteiger partial charge in [0.15, 0.2) is 0 Å². The summed E-state index contributed by atoms with van der Waals surface area (Å²) in [6.45, 7) is -0.259. The molecule has 2 unspecified atom stereocenters. The Kier molecular flexibility index (Phi) is 10.4. The van der Waals surface area contributed by atoms with Gasteiger partial charge in [0.05, 0.1) is 29.6 Å². The molecule has 262 valence electrons. The van der Waals surface area contributed by atoms with Gasteiger partial charge in [-0.3, -0.25) is 19.2 Å². The van der Waals surface area contributed by atoms with Gasteiger partial charge in [0.25, 0.3) is 17.7 Å². The number of amides is 4. The Morgan fingerprint density at radius 2 is 1.57 bits per heavy atom. The number of hydrogen-bond donors (Lipinski definition) is 3. The first kappa shape index (κ1) is 34.9. The fourth-order valence-electron chi connectivity index (χ4n) is 5.22. The minimum Gasteiger partial charge on any atom is -0.457 e. The van der Waals surface area contributed by atoms with E-state index in [1.165, 1.54) is 24.1 Å². The van der Waals surface area contributed by atoms with E-state index in [1.807, 2.05) is 0 Å². The average molecular weight is 716 g/mol. The number of hydroxylamine groups is 2. The normalized spacial score (nSPS) is 17.1. The van der Waals surface area contributed by atoms with E-state index in [0.29, 0.717) is 22.9 Å². The first-order valence-corrected chi connectivity index (χ1v) is 16.0. The highest BCUT2D eigenvalue weighted by Gasteiger charge is 2.47. The number of halogens is 2. The number of carbonyl (C=O) groups is 4. The van der Waals surface area contributed by atoms with Crippen molar-refractivity contribution in [2.24, 2.45) is 5.92 Å². The van der Waals surface area contributed by atoms with Gasteiger partial charge in [-0.05, 0) is 53.6 Å². The third-order valence-electron chi connectivity index (χ3n) is 8.02. The number of aliphatic hydroxyl groups is 1. The van der Waals surface area contributed by atoms with Gasteiger partial charge in [0.2, 0.25) is 17.5 Å². The summed E-state index contributed by atoms with van der Waals surface area (Å²) in [7, 11) is 1.46. The Labute approximate surface area is 296 Å². The summed E-state index contributed by atoms with van der Waals surface area (Å²) >= 11 is 5.71. The molecule has 51 heavy (non-hydrogen) atoms. The highest BCUT2D eigenvalue weighted by Crippen LogP contribution is 2.28. The molecule has 4 amide bonds. The summed E-state index contributed by atoms with van der Waals surface area (Å²) in [5.74, 6) is -3.30. The number of carbonyl (C=O) groups excluding carboxylic acids is 4. The number of aliphatic hydroxyl groups excluding tert-OH is 1. The summed E-state index contributed by atoms with van der Waals surface area (Å²) in [6.07, 6.45) is -0.113. The Morgan fingerprint density at radius 1 is 0.922 bits per heavy atom. The molecule has 0 saturated carbocycles. The molecule has 0 aliphatic carbocycles.